The molecule has 0 atom stereocenters. The first kappa shape index (κ1) is 8.91. The van der Waals surface area contributed by atoms with Crippen LogP contribution in [0.5, 0.6) is 5.75 Å². The molecular formula is C10H15NO. The van der Waals surface area contributed by atoms with Crippen LogP contribution in [0.25, 0.3) is 0 Å². The second-order valence-electron chi connectivity index (χ2n) is 2.91. The highest BCUT2D eigenvalue weighted by molar-refractivity contribution is 5.62. The van der Waals surface area contributed by atoms with Crippen LogP contribution >= 0.6 is 0 Å². The molecule has 0 bridgehead atoms. The van der Waals surface area contributed by atoms with Gasteiger partial charge >= 0.3 is 0 Å². The van der Waals surface area contributed by atoms with Gasteiger partial charge < -0.3 is 10.1 Å². The summed E-state index contributed by atoms with van der Waals surface area (Å²) >= 11 is 0. The van der Waals surface area contributed by atoms with Crippen LogP contribution in [0.4, 0.5) is 5.69 Å². The van der Waals surface area contributed by atoms with Gasteiger partial charge in [0.1, 0.15) is 5.75 Å². The van der Waals surface area contributed by atoms with Crippen molar-refractivity contribution >= 4 is 5.69 Å². The summed E-state index contributed by atoms with van der Waals surface area (Å²) in [6.07, 6.45) is 0. The van der Waals surface area contributed by atoms with Crippen molar-refractivity contribution in [1.29, 1.82) is 0 Å². The van der Waals surface area contributed by atoms with E-state index in [4.69, 9.17) is 4.74 Å². The van der Waals surface area contributed by atoms with E-state index in [1.807, 2.05) is 13.1 Å². The van der Waals surface area contributed by atoms with Gasteiger partial charge in [-0.05, 0) is 31.0 Å². The molecule has 2 nitrogen and oxygen atoms in total. The van der Waals surface area contributed by atoms with Gasteiger partial charge in [0.25, 0.3) is 0 Å². The number of aryl methyl sites for hydroxylation is 2. The van der Waals surface area contributed by atoms with Crippen LogP contribution in [-0.2, 0) is 0 Å². The third-order valence-electron chi connectivity index (χ3n) is 1.91. The second-order valence-corrected chi connectivity index (χ2v) is 2.91. The topological polar surface area (TPSA) is 21.3 Å². The molecule has 0 heterocycles. The van der Waals surface area contributed by atoms with Crippen molar-refractivity contribution in [3.8, 4) is 5.75 Å². The highest BCUT2D eigenvalue weighted by Gasteiger charge is 2.04. The van der Waals surface area contributed by atoms with Crippen LogP contribution < -0.4 is 10.1 Å². The smallest absolute Gasteiger partial charge is 0.142 e. The highest BCUT2D eigenvalue weighted by atomic mass is 16.5. The van der Waals surface area contributed by atoms with E-state index in [0.29, 0.717) is 0 Å². The molecule has 0 spiro atoms. The zero-order valence-electron chi connectivity index (χ0n) is 8.06. The standard InChI is InChI=1S/C10H15NO/c1-7-5-8(2)10(11-3)9(6-7)12-4/h5-6,11H,1-4H3. The minimum absolute atomic E-state index is 0.912. The van der Waals surface area contributed by atoms with E-state index in [1.54, 1.807) is 7.11 Å². The Labute approximate surface area is 73.6 Å². The second kappa shape index (κ2) is 3.48. The molecule has 1 rings (SSSR count). The summed E-state index contributed by atoms with van der Waals surface area (Å²) in [5.41, 5.74) is 3.51. The number of hydrogen-bond donors (Lipinski definition) is 1. The SMILES string of the molecule is CNc1c(C)cc(C)cc1OC. The number of rotatable bonds is 2. The molecule has 1 N–H and O–H groups in total. The number of nitrogens with one attached hydrogen (secondary N) is 1. The summed E-state index contributed by atoms with van der Waals surface area (Å²) in [7, 11) is 3.59. The van der Waals surface area contributed by atoms with Gasteiger partial charge in [-0.2, -0.15) is 0 Å². The lowest BCUT2D eigenvalue weighted by molar-refractivity contribution is 0.416. The fourth-order valence-corrected chi connectivity index (χ4v) is 1.41. The summed E-state index contributed by atoms with van der Waals surface area (Å²) in [6, 6.07) is 4.16. The molecule has 0 aromatic heterocycles. The number of methoxy groups -OCH3 is 1. The van der Waals surface area contributed by atoms with Crippen molar-refractivity contribution in [2.75, 3.05) is 19.5 Å². The quantitative estimate of drug-likeness (QED) is 0.726. The summed E-state index contributed by atoms with van der Waals surface area (Å²) in [6.45, 7) is 4.14. The van der Waals surface area contributed by atoms with Crippen molar-refractivity contribution in [2.45, 2.75) is 13.8 Å². The molecule has 0 saturated carbocycles. The minimum Gasteiger partial charge on any atom is -0.495 e. The Hall–Kier alpha value is -1.18. The van der Waals surface area contributed by atoms with E-state index < -0.39 is 0 Å². The summed E-state index contributed by atoms with van der Waals surface area (Å²) < 4.78 is 5.24. The van der Waals surface area contributed by atoms with Crippen LogP contribution in [0.2, 0.25) is 0 Å². The third kappa shape index (κ3) is 1.52. The fraction of sp³-hybridized carbons (Fsp3) is 0.400. The molecule has 0 aliphatic rings. The molecular weight excluding hydrogens is 150 g/mol. The van der Waals surface area contributed by atoms with Crippen LogP contribution in [0, 0.1) is 13.8 Å². The molecule has 66 valence electrons. The zero-order valence-corrected chi connectivity index (χ0v) is 8.06. The largest absolute Gasteiger partial charge is 0.495 e. The Bertz CT molecular complexity index is 281. The maximum absolute atomic E-state index is 5.24. The molecule has 0 unspecified atom stereocenters. The van der Waals surface area contributed by atoms with Gasteiger partial charge in [0.2, 0.25) is 0 Å². The molecule has 1 aromatic carbocycles. The predicted molar refractivity (Wildman–Crippen MR) is 52.0 cm³/mol. The van der Waals surface area contributed by atoms with Gasteiger partial charge in [0.15, 0.2) is 0 Å². The van der Waals surface area contributed by atoms with Gasteiger partial charge in [-0.15, -0.1) is 0 Å². The molecule has 1 aromatic rings. The normalized spacial score (nSPS) is 9.67. The van der Waals surface area contributed by atoms with Crippen LogP contribution in [0.15, 0.2) is 12.1 Å². The van der Waals surface area contributed by atoms with Gasteiger partial charge in [-0.25, -0.2) is 0 Å². The predicted octanol–water partition coefficient (Wildman–Crippen LogP) is 2.35. The van der Waals surface area contributed by atoms with Crippen molar-refractivity contribution in [1.82, 2.24) is 0 Å². The first-order chi connectivity index (χ1) is 5.69. The summed E-state index contributed by atoms with van der Waals surface area (Å²) in [5, 5.41) is 3.12. The Balaban J connectivity index is 3.24. The van der Waals surface area contributed by atoms with Crippen molar-refractivity contribution in [3.05, 3.63) is 23.3 Å². The van der Waals surface area contributed by atoms with Crippen molar-refractivity contribution < 1.29 is 4.74 Å². The molecule has 0 aliphatic carbocycles. The first-order valence-corrected chi connectivity index (χ1v) is 4.02. The maximum Gasteiger partial charge on any atom is 0.142 e. The molecule has 0 saturated heterocycles. The summed E-state index contributed by atoms with van der Waals surface area (Å²) in [5.74, 6) is 0.912. The van der Waals surface area contributed by atoms with E-state index in [-0.39, 0.29) is 0 Å². The van der Waals surface area contributed by atoms with Crippen molar-refractivity contribution in [3.63, 3.8) is 0 Å². The molecule has 0 amide bonds. The number of anilines is 1. The third-order valence-corrected chi connectivity index (χ3v) is 1.91. The molecule has 0 radical (unpaired) electrons. The van der Waals surface area contributed by atoms with Crippen LogP contribution in [0.1, 0.15) is 11.1 Å². The van der Waals surface area contributed by atoms with E-state index in [9.17, 15) is 0 Å². The van der Waals surface area contributed by atoms with Gasteiger partial charge in [0.05, 0.1) is 12.8 Å². The lowest BCUT2D eigenvalue weighted by atomic mass is 10.1. The monoisotopic (exact) mass is 165 g/mol. The lowest BCUT2D eigenvalue weighted by Crippen LogP contribution is -1.96. The van der Waals surface area contributed by atoms with Crippen molar-refractivity contribution in [2.24, 2.45) is 0 Å². The Morgan fingerprint density at radius 1 is 1.25 bits per heavy atom. The van der Waals surface area contributed by atoms with Crippen LogP contribution in [-0.4, -0.2) is 14.2 Å². The fourth-order valence-electron chi connectivity index (χ4n) is 1.41. The van der Waals surface area contributed by atoms with E-state index in [0.717, 1.165) is 11.4 Å². The Morgan fingerprint density at radius 3 is 2.42 bits per heavy atom. The minimum atomic E-state index is 0.912. The Morgan fingerprint density at radius 2 is 1.92 bits per heavy atom. The number of benzene rings is 1. The number of ether oxygens (including phenoxy) is 1. The van der Waals surface area contributed by atoms with E-state index >= 15 is 0 Å². The zero-order chi connectivity index (χ0) is 9.14. The average molecular weight is 165 g/mol. The molecule has 12 heavy (non-hydrogen) atoms. The molecule has 0 aliphatic heterocycles. The highest BCUT2D eigenvalue weighted by Crippen LogP contribution is 2.28. The van der Waals surface area contributed by atoms with Gasteiger partial charge in [-0.1, -0.05) is 6.07 Å². The maximum atomic E-state index is 5.24. The Kier molecular flexibility index (Phi) is 2.58. The number of hydrogen-bond acceptors (Lipinski definition) is 2. The average Bonchev–Trinajstić information content (AvgIpc) is 2.03. The summed E-state index contributed by atoms with van der Waals surface area (Å²) in [4.78, 5) is 0. The van der Waals surface area contributed by atoms with Gasteiger partial charge in [0, 0.05) is 7.05 Å². The van der Waals surface area contributed by atoms with Crippen LogP contribution in [0.3, 0.4) is 0 Å². The first-order valence-electron chi connectivity index (χ1n) is 4.02. The molecule has 0 fully saturated rings. The van der Waals surface area contributed by atoms with E-state index in [2.05, 4.69) is 25.2 Å². The van der Waals surface area contributed by atoms with E-state index in [1.165, 1.54) is 11.1 Å². The lowest BCUT2D eigenvalue weighted by Gasteiger charge is -2.11. The molecule has 2 heteroatoms. The van der Waals surface area contributed by atoms with Gasteiger partial charge in [-0.3, -0.25) is 0 Å².